The van der Waals surface area contributed by atoms with Crippen molar-refractivity contribution in [3.05, 3.63) is 108 Å². The summed E-state index contributed by atoms with van der Waals surface area (Å²) in [6.45, 7) is 4.04. The van der Waals surface area contributed by atoms with E-state index in [2.05, 4.69) is 18.2 Å². The van der Waals surface area contributed by atoms with Crippen LogP contribution in [0.15, 0.2) is 85.5 Å². The summed E-state index contributed by atoms with van der Waals surface area (Å²) in [5, 5.41) is 0. The average molecular weight is 490 g/mol. The summed E-state index contributed by atoms with van der Waals surface area (Å²) in [7, 11) is 0. The Balaban J connectivity index is 0.00000342. The van der Waals surface area contributed by atoms with E-state index in [9.17, 15) is 26.3 Å². The monoisotopic (exact) mass is 490 g/mol. The minimum absolute atomic E-state index is 0. The first-order valence-corrected chi connectivity index (χ1v) is 10.3. The highest BCUT2D eigenvalue weighted by atomic mass is 19.4. The first-order chi connectivity index (χ1) is 15.9. The quantitative estimate of drug-likeness (QED) is 0.212. The van der Waals surface area contributed by atoms with Gasteiger partial charge in [-0.25, -0.2) is 0 Å². The zero-order chi connectivity index (χ0) is 24.7. The molecule has 0 unspecified atom stereocenters. The summed E-state index contributed by atoms with van der Waals surface area (Å²) in [6, 6.07) is 14.8. The molecule has 0 amide bonds. The van der Waals surface area contributed by atoms with E-state index in [1.54, 1.807) is 12.1 Å². The second kappa shape index (κ2) is 9.52. The van der Waals surface area contributed by atoms with E-state index in [0.717, 1.165) is 27.9 Å². The zero-order valence-corrected chi connectivity index (χ0v) is 18.2. The predicted octanol–water partition coefficient (Wildman–Crippen LogP) is 7.20. The summed E-state index contributed by atoms with van der Waals surface area (Å²) in [5.74, 6) is 0. The maximum atomic E-state index is 13.2. The van der Waals surface area contributed by atoms with Gasteiger partial charge in [-0.2, -0.15) is 35.5 Å². The van der Waals surface area contributed by atoms with E-state index in [0.29, 0.717) is 12.1 Å². The van der Waals surface area contributed by atoms with Crippen LogP contribution in [0.3, 0.4) is 0 Å². The van der Waals surface area contributed by atoms with Crippen LogP contribution in [0, 0.1) is 13.8 Å². The Bertz CT molecular complexity index is 1270. The van der Waals surface area contributed by atoms with Crippen molar-refractivity contribution >= 4 is 0 Å². The molecule has 0 fully saturated rings. The van der Waals surface area contributed by atoms with Gasteiger partial charge in [0, 0.05) is 48.5 Å². The Labute approximate surface area is 199 Å². The van der Waals surface area contributed by atoms with Crippen molar-refractivity contribution in [2.45, 2.75) is 33.6 Å². The largest absolute Gasteiger partial charge is 0.416 e. The average Bonchev–Trinajstić information content (AvgIpc) is 2.77. The lowest BCUT2D eigenvalue weighted by Gasteiger charge is -2.12. The standard InChI is InChI=1S/C26H20F6N2.CH4/c1-17-11-18(2)13-23(12-17)33-7-3-19(4-8-33)20-5-9-34(10-6-20)24-15-21(25(27,28)29)14-22(16-24)26(30,31)32;/h3-16H,1-2H3;1H4/q+2;. The Hall–Kier alpha value is -3.68. The summed E-state index contributed by atoms with van der Waals surface area (Å²) >= 11 is 0. The van der Waals surface area contributed by atoms with Crippen molar-refractivity contribution < 1.29 is 35.5 Å². The molecule has 0 aliphatic carbocycles. The lowest BCUT2D eigenvalue weighted by Crippen LogP contribution is -2.31. The van der Waals surface area contributed by atoms with E-state index in [1.807, 2.05) is 42.9 Å². The van der Waals surface area contributed by atoms with Gasteiger partial charge < -0.3 is 0 Å². The van der Waals surface area contributed by atoms with Gasteiger partial charge in [0.25, 0.3) is 0 Å². The molecule has 0 aliphatic rings. The Morgan fingerprint density at radius 2 is 0.857 bits per heavy atom. The SMILES string of the molecule is C.Cc1cc(C)cc(-[n+]2ccc(-c3cc[n+](-c4cc(C(F)(F)F)cc(C(F)(F)F)c4)cc3)cc2)c1. The van der Waals surface area contributed by atoms with Crippen LogP contribution in [0.2, 0.25) is 0 Å². The van der Waals surface area contributed by atoms with Gasteiger partial charge in [0.15, 0.2) is 24.8 Å². The highest BCUT2D eigenvalue weighted by molar-refractivity contribution is 5.61. The number of hydrogen-bond donors (Lipinski definition) is 0. The highest BCUT2D eigenvalue weighted by Crippen LogP contribution is 2.36. The molecule has 0 aliphatic heterocycles. The molecule has 35 heavy (non-hydrogen) atoms. The molecule has 2 aromatic heterocycles. The van der Waals surface area contributed by atoms with Gasteiger partial charge in [-0.15, -0.1) is 0 Å². The van der Waals surface area contributed by atoms with E-state index in [1.165, 1.54) is 17.0 Å². The van der Waals surface area contributed by atoms with E-state index in [4.69, 9.17) is 0 Å². The van der Waals surface area contributed by atoms with Crippen LogP contribution in [0.1, 0.15) is 29.7 Å². The fraction of sp³-hybridized carbons (Fsp3) is 0.185. The first kappa shape index (κ1) is 25.9. The number of alkyl halides is 6. The molecule has 0 radical (unpaired) electrons. The van der Waals surface area contributed by atoms with Crippen molar-refractivity contribution in [3.8, 4) is 22.5 Å². The van der Waals surface area contributed by atoms with Crippen LogP contribution in [0.25, 0.3) is 22.5 Å². The zero-order valence-electron chi connectivity index (χ0n) is 18.2. The lowest BCUT2D eigenvalue weighted by atomic mass is 10.1. The molecule has 4 aromatic rings. The highest BCUT2D eigenvalue weighted by Gasteiger charge is 2.38. The van der Waals surface area contributed by atoms with Gasteiger partial charge in [0.05, 0.1) is 11.1 Å². The van der Waals surface area contributed by atoms with Gasteiger partial charge in [-0.05, 0) is 42.2 Å². The topological polar surface area (TPSA) is 7.76 Å². The minimum atomic E-state index is -4.90. The van der Waals surface area contributed by atoms with Crippen LogP contribution in [-0.2, 0) is 12.4 Å². The Morgan fingerprint density at radius 3 is 1.20 bits per heavy atom. The summed E-state index contributed by atoms with van der Waals surface area (Å²) in [5.41, 5.74) is 1.99. The van der Waals surface area contributed by atoms with E-state index >= 15 is 0 Å². The third kappa shape index (κ3) is 5.88. The summed E-state index contributed by atoms with van der Waals surface area (Å²) < 4.78 is 82.1. The maximum Gasteiger partial charge on any atom is 0.416 e. The number of hydrogen-bond acceptors (Lipinski definition) is 0. The van der Waals surface area contributed by atoms with Crippen molar-refractivity contribution in [1.82, 2.24) is 0 Å². The molecule has 4 rings (SSSR count). The fourth-order valence-electron chi connectivity index (χ4n) is 3.77. The van der Waals surface area contributed by atoms with Gasteiger partial charge >= 0.3 is 12.4 Å². The minimum Gasteiger partial charge on any atom is -0.167 e. The molecular weight excluding hydrogens is 466 g/mol. The van der Waals surface area contributed by atoms with Crippen LogP contribution >= 0.6 is 0 Å². The molecule has 0 saturated carbocycles. The van der Waals surface area contributed by atoms with Gasteiger partial charge in [-0.3, -0.25) is 0 Å². The molecule has 0 spiro atoms. The molecule has 0 atom stereocenters. The molecule has 8 heteroatoms. The first-order valence-electron chi connectivity index (χ1n) is 10.3. The molecule has 2 heterocycles. The molecule has 2 nitrogen and oxygen atoms in total. The smallest absolute Gasteiger partial charge is 0.167 e. The molecular formula is C27H24F6N2+2. The van der Waals surface area contributed by atoms with Crippen LogP contribution in [-0.4, -0.2) is 0 Å². The molecule has 0 bridgehead atoms. The van der Waals surface area contributed by atoms with Gasteiger partial charge in [0.2, 0.25) is 11.4 Å². The predicted molar refractivity (Wildman–Crippen MR) is 121 cm³/mol. The van der Waals surface area contributed by atoms with E-state index in [-0.39, 0.29) is 19.2 Å². The number of halogens is 6. The van der Waals surface area contributed by atoms with Crippen molar-refractivity contribution in [2.75, 3.05) is 0 Å². The van der Waals surface area contributed by atoms with Gasteiger partial charge in [0.1, 0.15) is 0 Å². The van der Waals surface area contributed by atoms with Crippen LogP contribution < -0.4 is 9.13 Å². The van der Waals surface area contributed by atoms with E-state index < -0.39 is 23.5 Å². The normalized spacial score (nSPS) is 11.8. The molecule has 2 aromatic carbocycles. The second-order valence-corrected chi connectivity index (χ2v) is 8.10. The number of pyridine rings is 2. The number of benzene rings is 2. The maximum absolute atomic E-state index is 13.2. The van der Waals surface area contributed by atoms with Crippen molar-refractivity contribution in [2.24, 2.45) is 0 Å². The second-order valence-electron chi connectivity index (χ2n) is 8.10. The molecule has 0 saturated heterocycles. The molecule has 182 valence electrons. The number of rotatable bonds is 3. The number of nitrogens with zero attached hydrogens (tertiary/aromatic N) is 2. The summed E-state index contributed by atoms with van der Waals surface area (Å²) in [4.78, 5) is 0. The Kier molecular flexibility index (Phi) is 7.06. The summed E-state index contributed by atoms with van der Waals surface area (Å²) in [6.07, 6.45) is -3.12. The lowest BCUT2D eigenvalue weighted by molar-refractivity contribution is -0.596. The van der Waals surface area contributed by atoms with Crippen LogP contribution in [0.4, 0.5) is 26.3 Å². The van der Waals surface area contributed by atoms with Crippen molar-refractivity contribution in [1.29, 1.82) is 0 Å². The third-order valence-electron chi connectivity index (χ3n) is 5.37. The van der Waals surface area contributed by atoms with Crippen LogP contribution in [0.5, 0.6) is 0 Å². The third-order valence-corrected chi connectivity index (χ3v) is 5.37. The Morgan fingerprint density at radius 1 is 0.514 bits per heavy atom. The van der Waals surface area contributed by atoms with Gasteiger partial charge in [-0.1, -0.05) is 13.5 Å². The fourth-order valence-corrected chi connectivity index (χ4v) is 3.77. The van der Waals surface area contributed by atoms with Crippen molar-refractivity contribution in [3.63, 3.8) is 0 Å². The number of aromatic nitrogens is 2. The number of aryl methyl sites for hydroxylation is 2. The molecule has 0 N–H and O–H groups in total.